The molecule has 30 heavy (non-hydrogen) atoms. The van der Waals surface area contributed by atoms with Crippen LogP contribution in [0.25, 0.3) is 10.8 Å². The van der Waals surface area contributed by atoms with Crippen LogP contribution in [-0.2, 0) is 16.0 Å². The third-order valence-corrected chi connectivity index (χ3v) is 7.86. The van der Waals surface area contributed by atoms with Crippen molar-refractivity contribution >= 4 is 46.1 Å². The standard InChI is InChI=1S/C24H20N2O2S2/c27-21(13-16-7-2-1-3-8-16)25-22-23(28)26-14-18(15-29-24(22)26)30-20-12-6-10-17-9-4-5-11-19(17)20/h1-12,14,22,24H,13,15H2,(H,25,27)/t22-,24-/m1/s1. The molecule has 150 valence electrons. The number of benzene rings is 3. The van der Waals surface area contributed by atoms with E-state index in [0.29, 0.717) is 6.42 Å². The molecule has 2 aliphatic heterocycles. The molecule has 2 atom stereocenters. The molecule has 2 aliphatic rings. The first kappa shape index (κ1) is 19.3. The van der Waals surface area contributed by atoms with Gasteiger partial charge in [0.05, 0.1) is 6.42 Å². The number of amides is 2. The van der Waals surface area contributed by atoms with Crippen molar-refractivity contribution in [2.75, 3.05) is 5.75 Å². The van der Waals surface area contributed by atoms with E-state index in [9.17, 15) is 9.59 Å². The Balaban J connectivity index is 1.25. The van der Waals surface area contributed by atoms with E-state index in [1.54, 1.807) is 28.4 Å². The number of carbonyl (C=O) groups excluding carboxylic acids is 2. The minimum atomic E-state index is -0.438. The summed E-state index contributed by atoms with van der Waals surface area (Å²) in [5, 5.41) is 5.33. The van der Waals surface area contributed by atoms with E-state index in [4.69, 9.17) is 0 Å². The van der Waals surface area contributed by atoms with Gasteiger partial charge in [0.1, 0.15) is 11.4 Å². The van der Waals surface area contributed by atoms with E-state index in [2.05, 4.69) is 35.6 Å². The molecule has 4 nitrogen and oxygen atoms in total. The Bertz CT molecular complexity index is 1140. The van der Waals surface area contributed by atoms with Crippen LogP contribution in [0, 0.1) is 0 Å². The summed E-state index contributed by atoms with van der Waals surface area (Å²) in [6, 6.07) is 23.8. The Morgan fingerprint density at radius 3 is 2.67 bits per heavy atom. The maximum Gasteiger partial charge on any atom is 0.253 e. The lowest BCUT2D eigenvalue weighted by atomic mass is 10.1. The molecule has 5 rings (SSSR count). The van der Waals surface area contributed by atoms with Crippen LogP contribution in [0.3, 0.4) is 0 Å². The zero-order chi connectivity index (χ0) is 20.5. The van der Waals surface area contributed by atoms with Gasteiger partial charge in [0.25, 0.3) is 5.91 Å². The second-order valence-electron chi connectivity index (χ2n) is 7.33. The van der Waals surface area contributed by atoms with E-state index in [1.165, 1.54) is 15.7 Å². The molecule has 1 N–H and O–H groups in total. The average Bonchev–Trinajstić information content (AvgIpc) is 2.78. The van der Waals surface area contributed by atoms with Crippen LogP contribution in [-0.4, -0.2) is 33.9 Å². The number of fused-ring (bicyclic) bond motifs is 2. The number of thioether (sulfide) groups is 2. The summed E-state index contributed by atoms with van der Waals surface area (Å²) >= 11 is 3.42. The van der Waals surface area contributed by atoms with E-state index < -0.39 is 6.04 Å². The zero-order valence-electron chi connectivity index (χ0n) is 16.2. The predicted molar refractivity (Wildman–Crippen MR) is 123 cm³/mol. The van der Waals surface area contributed by atoms with Gasteiger partial charge in [-0.25, -0.2) is 0 Å². The fraction of sp³-hybridized carbons (Fsp3) is 0.167. The highest BCUT2D eigenvalue weighted by Crippen LogP contribution is 2.42. The molecule has 0 unspecified atom stereocenters. The molecule has 0 aliphatic carbocycles. The predicted octanol–water partition coefficient (Wildman–Crippen LogP) is 4.42. The lowest BCUT2D eigenvalue weighted by Gasteiger charge is -2.47. The topological polar surface area (TPSA) is 49.4 Å². The molecule has 0 radical (unpaired) electrons. The second kappa shape index (κ2) is 8.20. The van der Waals surface area contributed by atoms with Crippen LogP contribution in [0.4, 0.5) is 0 Å². The van der Waals surface area contributed by atoms with Crippen LogP contribution in [0.2, 0.25) is 0 Å². The molecule has 1 saturated heterocycles. The molecule has 6 heteroatoms. The largest absolute Gasteiger partial charge is 0.341 e. The third-order valence-electron chi connectivity index (χ3n) is 5.27. The number of nitrogens with zero attached hydrogens (tertiary/aromatic N) is 1. The van der Waals surface area contributed by atoms with Crippen LogP contribution in [0.5, 0.6) is 0 Å². The van der Waals surface area contributed by atoms with Gasteiger partial charge >= 0.3 is 0 Å². The van der Waals surface area contributed by atoms with Gasteiger partial charge in [0.15, 0.2) is 0 Å². The number of hydrogen-bond donors (Lipinski definition) is 1. The molecule has 0 bridgehead atoms. The second-order valence-corrected chi connectivity index (χ2v) is 9.60. The summed E-state index contributed by atoms with van der Waals surface area (Å²) in [7, 11) is 0. The maximum atomic E-state index is 12.6. The highest BCUT2D eigenvalue weighted by atomic mass is 32.2. The van der Waals surface area contributed by atoms with Gasteiger partial charge in [-0.15, -0.1) is 11.8 Å². The highest BCUT2D eigenvalue weighted by Gasteiger charge is 2.49. The fourth-order valence-electron chi connectivity index (χ4n) is 3.78. The van der Waals surface area contributed by atoms with Crippen molar-refractivity contribution in [3.63, 3.8) is 0 Å². The Morgan fingerprint density at radius 1 is 1.03 bits per heavy atom. The lowest BCUT2D eigenvalue weighted by Crippen LogP contribution is -2.68. The van der Waals surface area contributed by atoms with Gasteiger partial charge in [-0.05, 0) is 22.4 Å². The van der Waals surface area contributed by atoms with Crippen LogP contribution >= 0.6 is 23.5 Å². The number of carbonyl (C=O) groups is 2. The molecule has 1 fully saturated rings. The van der Waals surface area contributed by atoms with Gasteiger partial charge in [0, 0.05) is 21.8 Å². The van der Waals surface area contributed by atoms with Gasteiger partial charge in [0.2, 0.25) is 5.91 Å². The van der Waals surface area contributed by atoms with Gasteiger partial charge < -0.3 is 10.2 Å². The van der Waals surface area contributed by atoms with E-state index in [-0.39, 0.29) is 17.2 Å². The summed E-state index contributed by atoms with van der Waals surface area (Å²) in [6.45, 7) is 0. The van der Waals surface area contributed by atoms with Crippen molar-refractivity contribution in [1.82, 2.24) is 10.2 Å². The number of rotatable bonds is 5. The van der Waals surface area contributed by atoms with Crippen molar-refractivity contribution in [3.8, 4) is 0 Å². The molecule has 3 aromatic rings. The Hall–Kier alpha value is -2.70. The van der Waals surface area contributed by atoms with Crippen LogP contribution in [0.1, 0.15) is 5.56 Å². The highest BCUT2D eigenvalue weighted by molar-refractivity contribution is 8.06. The first-order chi connectivity index (χ1) is 14.7. The lowest BCUT2D eigenvalue weighted by molar-refractivity contribution is -0.144. The quantitative estimate of drug-likeness (QED) is 0.607. The van der Waals surface area contributed by atoms with E-state index >= 15 is 0 Å². The first-order valence-electron chi connectivity index (χ1n) is 9.82. The summed E-state index contributed by atoms with van der Waals surface area (Å²) < 4.78 is 0. The number of nitrogens with one attached hydrogen (secondary N) is 1. The SMILES string of the molecule is O=C(Cc1ccccc1)N[C@@H]1C(=O)N2C=C(Sc3cccc4ccccc34)CS[C@H]12. The fourth-order valence-corrected chi connectivity index (χ4v) is 6.22. The van der Waals surface area contributed by atoms with Crippen molar-refractivity contribution in [1.29, 1.82) is 0 Å². The van der Waals surface area contributed by atoms with Crippen LogP contribution in [0.15, 0.2) is 88.8 Å². The van der Waals surface area contributed by atoms with Crippen LogP contribution < -0.4 is 5.32 Å². The first-order valence-corrected chi connectivity index (χ1v) is 11.7. The van der Waals surface area contributed by atoms with Crippen molar-refractivity contribution in [2.45, 2.75) is 22.7 Å². The van der Waals surface area contributed by atoms with Crippen molar-refractivity contribution < 1.29 is 9.59 Å². The number of β-lactam (4-membered cyclic amide) rings is 1. The molecule has 2 amide bonds. The minimum Gasteiger partial charge on any atom is -0.341 e. The van der Waals surface area contributed by atoms with Gasteiger partial charge in [-0.1, -0.05) is 78.5 Å². The summed E-state index contributed by atoms with van der Waals surface area (Å²) in [5.74, 6) is 0.678. The molecule has 0 aromatic heterocycles. The molecular weight excluding hydrogens is 412 g/mol. The number of hydrogen-bond acceptors (Lipinski definition) is 4. The van der Waals surface area contributed by atoms with E-state index in [0.717, 1.165) is 16.2 Å². The van der Waals surface area contributed by atoms with Crippen molar-refractivity contribution in [2.24, 2.45) is 0 Å². The summed E-state index contributed by atoms with van der Waals surface area (Å²) in [4.78, 5) is 29.1. The minimum absolute atomic E-state index is 0.0194. The molecule has 3 aromatic carbocycles. The molecule has 2 heterocycles. The molecule has 0 spiro atoms. The average molecular weight is 433 g/mol. The Labute approximate surface area is 183 Å². The van der Waals surface area contributed by atoms with Gasteiger partial charge in [-0.2, -0.15) is 0 Å². The van der Waals surface area contributed by atoms with Crippen molar-refractivity contribution in [3.05, 3.63) is 89.5 Å². The summed E-state index contributed by atoms with van der Waals surface area (Å²) in [5.41, 5.74) is 0.948. The summed E-state index contributed by atoms with van der Waals surface area (Å²) in [6.07, 6.45) is 2.25. The Kier molecular flexibility index (Phi) is 5.27. The third kappa shape index (κ3) is 3.73. The smallest absolute Gasteiger partial charge is 0.253 e. The monoisotopic (exact) mass is 432 g/mol. The Morgan fingerprint density at radius 2 is 1.80 bits per heavy atom. The maximum absolute atomic E-state index is 12.6. The molecular formula is C24H20N2O2S2. The zero-order valence-corrected chi connectivity index (χ0v) is 17.8. The van der Waals surface area contributed by atoms with Gasteiger partial charge in [-0.3, -0.25) is 9.59 Å². The van der Waals surface area contributed by atoms with E-state index in [1.807, 2.05) is 48.7 Å². The molecule has 0 saturated carbocycles. The normalized spacial score (nSPS) is 20.3.